The minimum absolute atomic E-state index is 0.0625. The first kappa shape index (κ1) is 14.3. The van der Waals surface area contributed by atoms with Crippen molar-refractivity contribution in [2.75, 3.05) is 0 Å². The SMILES string of the molecule is Cc1cc(C(=O)O)n[nH]1.O=C(O)c1cccc2[nH]ccc12. The Morgan fingerprint density at radius 1 is 1.14 bits per heavy atom. The number of aryl methyl sites for hydroxylation is 1. The smallest absolute Gasteiger partial charge is 0.356 e. The summed E-state index contributed by atoms with van der Waals surface area (Å²) in [5, 5.41) is 23.9. The third kappa shape index (κ3) is 3.27. The lowest BCUT2D eigenvalue weighted by Crippen LogP contribution is -1.95. The molecule has 7 heteroatoms. The van der Waals surface area contributed by atoms with Crippen molar-refractivity contribution in [3.63, 3.8) is 0 Å². The molecule has 2 heterocycles. The normalized spacial score (nSPS) is 9.95. The van der Waals surface area contributed by atoms with Gasteiger partial charge in [-0.25, -0.2) is 9.59 Å². The van der Waals surface area contributed by atoms with Gasteiger partial charge in [-0.15, -0.1) is 0 Å². The molecule has 0 aliphatic carbocycles. The molecule has 4 N–H and O–H groups in total. The van der Waals surface area contributed by atoms with Crippen molar-refractivity contribution in [2.24, 2.45) is 0 Å². The van der Waals surface area contributed by atoms with Crippen LogP contribution in [-0.4, -0.2) is 37.3 Å². The van der Waals surface area contributed by atoms with Crippen LogP contribution in [0.1, 0.15) is 26.5 Å². The lowest BCUT2D eigenvalue weighted by Gasteiger charge is -1.94. The van der Waals surface area contributed by atoms with Crippen LogP contribution in [0.4, 0.5) is 0 Å². The fourth-order valence-electron chi connectivity index (χ4n) is 1.80. The van der Waals surface area contributed by atoms with Gasteiger partial charge in [-0.3, -0.25) is 5.10 Å². The van der Waals surface area contributed by atoms with Crippen LogP contribution in [0.3, 0.4) is 0 Å². The zero-order chi connectivity index (χ0) is 15.4. The Labute approximate surface area is 119 Å². The Balaban J connectivity index is 0.000000161. The van der Waals surface area contributed by atoms with Crippen LogP contribution in [0.25, 0.3) is 10.9 Å². The minimum atomic E-state index is -1.00. The van der Waals surface area contributed by atoms with Gasteiger partial charge in [0.25, 0.3) is 0 Å². The van der Waals surface area contributed by atoms with E-state index >= 15 is 0 Å². The second kappa shape index (κ2) is 5.91. The molecule has 0 aliphatic heterocycles. The van der Waals surface area contributed by atoms with E-state index < -0.39 is 11.9 Å². The molecule has 0 radical (unpaired) electrons. The summed E-state index contributed by atoms with van der Waals surface area (Å²) in [4.78, 5) is 23.8. The second-order valence-electron chi connectivity index (χ2n) is 4.29. The number of hydrogen-bond acceptors (Lipinski definition) is 3. The average Bonchev–Trinajstić information content (AvgIpc) is 3.06. The van der Waals surface area contributed by atoms with Crippen LogP contribution in [0.15, 0.2) is 36.5 Å². The maximum absolute atomic E-state index is 10.7. The highest BCUT2D eigenvalue weighted by Crippen LogP contribution is 2.16. The molecule has 0 atom stereocenters. The van der Waals surface area contributed by atoms with E-state index in [9.17, 15) is 9.59 Å². The van der Waals surface area contributed by atoms with Crippen molar-refractivity contribution in [1.82, 2.24) is 15.2 Å². The Hall–Kier alpha value is -3.09. The summed E-state index contributed by atoms with van der Waals surface area (Å²) in [5.74, 6) is -1.89. The summed E-state index contributed by atoms with van der Waals surface area (Å²) in [7, 11) is 0. The van der Waals surface area contributed by atoms with Gasteiger partial charge in [-0.1, -0.05) is 6.07 Å². The average molecular weight is 287 g/mol. The molecule has 0 aliphatic rings. The monoisotopic (exact) mass is 287 g/mol. The predicted molar refractivity (Wildman–Crippen MR) is 75.5 cm³/mol. The number of carbonyl (C=O) groups is 2. The summed E-state index contributed by atoms with van der Waals surface area (Å²) in [5.41, 5.74) is 2.02. The number of aromatic nitrogens is 3. The number of benzene rings is 1. The van der Waals surface area contributed by atoms with E-state index in [4.69, 9.17) is 10.2 Å². The van der Waals surface area contributed by atoms with E-state index in [1.54, 1.807) is 31.3 Å². The lowest BCUT2D eigenvalue weighted by molar-refractivity contribution is 0.0683. The zero-order valence-corrected chi connectivity index (χ0v) is 11.1. The van der Waals surface area contributed by atoms with E-state index in [-0.39, 0.29) is 5.69 Å². The van der Waals surface area contributed by atoms with Gasteiger partial charge in [0.1, 0.15) is 0 Å². The molecule has 2 aromatic heterocycles. The quantitative estimate of drug-likeness (QED) is 0.576. The van der Waals surface area contributed by atoms with Crippen LogP contribution < -0.4 is 0 Å². The number of nitrogens with zero attached hydrogens (tertiary/aromatic N) is 1. The Bertz CT molecular complexity index is 788. The molecule has 108 valence electrons. The minimum Gasteiger partial charge on any atom is -0.478 e. The summed E-state index contributed by atoms with van der Waals surface area (Å²) in [6, 6.07) is 8.41. The maximum Gasteiger partial charge on any atom is 0.356 e. The number of carboxylic acid groups (broad SMARTS) is 2. The molecule has 0 bridgehead atoms. The maximum atomic E-state index is 10.7. The molecule has 0 fully saturated rings. The number of rotatable bonds is 2. The molecular weight excluding hydrogens is 274 g/mol. The van der Waals surface area contributed by atoms with Gasteiger partial charge < -0.3 is 15.2 Å². The van der Waals surface area contributed by atoms with Crippen LogP contribution in [0.5, 0.6) is 0 Å². The fraction of sp³-hybridized carbons (Fsp3) is 0.0714. The second-order valence-corrected chi connectivity index (χ2v) is 4.29. The van der Waals surface area contributed by atoms with Crippen LogP contribution >= 0.6 is 0 Å². The number of H-pyrrole nitrogens is 2. The number of carboxylic acids is 2. The third-order valence-electron chi connectivity index (χ3n) is 2.75. The zero-order valence-electron chi connectivity index (χ0n) is 11.1. The largest absolute Gasteiger partial charge is 0.478 e. The van der Waals surface area contributed by atoms with E-state index in [1.807, 2.05) is 6.07 Å². The van der Waals surface area contributed by atoms with Gasteiger partial charge in [-0.05, 0) is 31.2 Å². The lowest BCUT2D eigenvalue weighted by atomic mass is 10.1. The molecule has 0 amide bonds. The first-order valence-electron chi connectivity index (χ1n) is 6.03. The van der Waals surface area contributed by atoms with Crippen molar-refractivity contribution in [1.29, 1.82) is 0 Å². The van der Waals surface area contributed by atoms with Crippen molar-refractivity contribution in [3.8, 4) is 0 Å². The first-order chi connectivity index (χ1) is 9.99. The van der Waals surface area contributed by atoms with Crippen molar-refractivity contribution in [3.05, 3.63) is 53.5 Å². The standard InChI is InChI=1S/C9H7NO2.C5H6N2O2/c11-9(12)7-2-1-3-8-6(7)4-5-10-8;1-3-2-4(5(8)9)7-6-3/h1-5,10H,(H,11,12);2H,1H3,(H,6,7)(H,8,9). The van der Waals surface area contributed by atoms with Crippen LogP contribution in [0, 0.1) is 6.92 Å². The van der Waals surface area contributed by atoms with Crippen molar-refractivity contribution < 1.29 is 19.8 Å². The van der Waals surface area contributed by atoms with Crippen LogP contribution in [-0.2, 0) is 0 Å². The fourth-order valence-corrected chi connectivity index (χ4v) is 1.80. The highest BCUT2D eigenvalue weighted by atomic mass is 16.4. The highest BCUT2D eigenvalue weighted by Gasteiger charge is 2.07. The summed E-state index contributed by atoms with van der Waals surface area (Å²) < 4.78 is 0. The predicted octanol–water partition coefficient (Wildman–Crippen LogP) is 2.28. The Morgan fingerprint density at radius 2 is 1.90 bits per heavy atom. The highest BCUT2D eigenvalue weighted by molar-refractivity contribution is 6.02. The van der Waals surface area contributed by atoms with E-state index in [0.717, 1.165) is 16.6 Å². The number of aromatic carboxylic acids is 2. The van der Waals surface area contributed by atoms with Gasteiger partial charge in [0, 0.05) is 22.8 Å². The topological polar surface area (TPSA) is 119 Å². The summed E-state index contributed by atoms with van der Waals surface area (Å²) in [6.07, 6.45) is 1.73. The Morgan fingerprint density at radius 3 is 2.43 bits per heavy atom. The van der Waals surface area contributed by atoms with Gasteiger partial charge in [0.05, 0.1) is 5.56 Å². The Kier molecular flexibility index (Phi) is 4.03. The molecule has 3 rings (SSSR count). The molecule has 21 heavy (non-hydrogen) atoms. The molecule has 0 saturated carbocycles. The van der Waals surface area contributed by atoms with Gasteiger partial charge in [0.15, 0.2) is 5.69 Å². The van der Waals surface area contributed by atoms with E-state index in [1.165, 1.54) is 6.07 Å². The van der Waals surface area contributed by atoms with E-state index in [0.29, 0.717) is 5.56 Å². The molecule has 0 saturated heterocycles. The molecule has 0 spiro atoms. The first-order valence-corrected chi connectivity index (χ1v) is 6.03. The molecule has 0 unspecified atom stereocenters. The van der Waals surface area contributed by atoms with Gasteiger partial charge >= 0.3 is 11.9 Å². The summed E-state index contributed by atoms with van der Waals surface area (Å²) >= 11 is 0. The molecule has 7 nitrogen and oxygen atoms in total. The van der Waals surface area contributed by atoms with Crippen LogP contribution in [0.2, 0.25) is 0 Å². The number of fused-ring (bicyclic) bond motifs is 1. The summed E-state index contributed by atoms with van der Waals surface area (Å²) in [6.45, 7) is 1.75. The van der Waals surface area contributed by atoms with Gasteiger partial charge in [-0.2, -0.15) is 5.10 Å². The number of aromatic amines is 2. The van der Waals surface area contributed by atoms with E-state index in [2.05, 4.69) is 15.2 Å². The number of nitrogens with one attached hydrogen (secondary N) is 2. The third-order valence-corrected chi connectivity index (χ3v) is 2.75. The molecular formula is C14H13N3O4. The number of hydrogen-bond donors (Lipinski definition) is 4. The van der Waals surface area contributed by atoms with Crippen molar-refractivity contribution >= 4 is 22.8 Å². The molecule has 1 aromatic carbocycles. The van der Waals surface area contributed by atoms with Gasteiger partial charge in [0.2, 0.25) is 0 Å². The van der Waals surface area contributed by atoms with Crippen molar-refractivity contribution in [2.45, 2.75) is 6.92 Å². The molecule has 3 aromatic rings.